The van der Waals surface area contributed by atoms with Crippen LogP contribution in [0.2, 0.25) is 0 Å². The van der Waals surface area contributed by atoms with E-state index >= 15 is 0 Å². The van der Waals surface area contributed by atoms with Gasteiger partial charge in [-0.1, -0.05) is 11.2 Å². The second-order valence-corrected chi connectivity index (χ2v) is 7.66. The molecule has 0 N–H and O–H groups in total. The highest BCUT2D eigenvalue weighted by Crippen LogP contribution is 2.32. The molecular weight excluding hydrogens is 435 g/mol. The number of carbonyl (C=O) groups excluding carboxylic acids is 3. The summed E-state index contributed by atoms with van der Waals surface area (Å²) in [6.07, 6.45) is 0.422. The topological polar surface area (TPSA) is 127 Å². The van der Waals surface area contributed by atoms with Gasteiger partial charge in [-0.2, -0.15) is 0 Å². The van der Waals surface area contributed by atoms with E-state index in [2.05, 4.69) is 5.16 Å². The second-order valence-electron chi connectivity index (χ2n) is 7.66. The summed E-state index contributed by atoms with van der Waals surface area (Å²) in [7, 11) is 0. The number of hydrogen-bond acceptors (Lipinski definition) is 7. The number of fused-ring (bicyclic) bond motifs is 2. The largest absolute Gasteiger partial charge is 0.356 e. The lowest BCUT2D eigenvalue weighted by Gasteiger charge is -2.27. The van der Waals surface area contributed by atoms with Crippen LogP contribution in [0.15, 0.2) is 47.0 Å². The number of imide groups is 1. The molecule has 0 spiro atoms. The number of nitro benzene ring substituents is 1. The minimum absolute atomic E-state index is 0.0941. The normalized spacial score (nSPS) is 14.9. The van der Waals surface area contributed by atoms with Crippen LogP contribution < -0.4 is 0 Å². The Labute approximate surface area is 185 Å². The number of benzene rings is 2. The first kappa shape index (κ1) is 20.5. The maximum absolute atomic E-state index is 13.2. The third-order valence-electron chi connectivity index (χ3n) is 5.77. The van der Waals surface area contributed by atoms with E-state index in [0.29, 0.717) is 30.0 Å². The molecule has 33 heavy (non-hydrogen) atoms. The standard InChI is InChI=1S/C22H15FN4O6/c23-13-6-4-12(5-7-13)20-14-8-9-25(10-16(14)24-33-20)18(28)11-26-21(29)15-2-1-3-17(27(31)32)19(15)22(26)30/h1-7H,8-11H2. The van der Waals surface area contributed by atoms with Crippen molar-refractivity contribution < 1.29 is 28.2 Å². The fourth-order valence-corrected chi connectivity index (χ4v) is 4.12. The highest BCUT2D eigenvalue weighted by molar-refractivity contribution is 6.24. The Morgan fingerprint density at radius 3 is 2.64 bits per heavy atom. The van der Waals surface area contributed by atoms with E-state index in [4.69, 9.17) is 4.52 Å². The van der Waals surface area contributed by atoms with Crippen LogP contribution in [-0.4, -0.2) is 50.7 Å². The van der Waals surface area contributed by atoms with Crippen LogP contribution in [0.5, 0.6) is 0 Å². The number of amides is 3. The molecule has 2 aliphatic rings. The van der Waals surface area contributed by atoms with Gasteiger partial charge in [-0.05, 0) is 36.8 Å². The van der Waals surface area contributed by atoms with E-state index in [9.17, 15) is 28.9 Å². The van der Waals surface area contributed by atoms with Crippen LogP contribution in [0.4, 0.5) is 10.1 Å². The molecule has 2 aliphatic heterocycles. The summed E-state index contributed by atoms with van der Waals surface area (Å²) in [5.41, 5.74) is 1.14. The number of nitro groups is 1. The van der Waals surface area contributed by atoms with Crippen LogP contribution in [0.1, 0.15) is 32.0 Å². The first-order valence-electron chi connectivity index (χ1n) is 10.00. The molecule has 10 nitrogen and oxygen atoms in total. The van der Waals surface area contributed by atoms with Gasteiger partial charge in [0.1, 0.15) is 23.6 Å². The molecule has 166 valence electrons. The lowest BCUT2D eigenvalue weighted by molar-refractivity contribution is -0.385. The number of aromatic nitrogens is 1. The third kappa shape index (κ3) is 3.34. The molecule has 3 aromatic rings. The molecule has 0 saturated carbocycles. The van der Waals surface area contributed by atoms with E-state index in [1.807, 2.05) is 0 Å². The van der Waals surface area contributed by atoms with E-state index in [0.717, 1.165) is 16.5 Å². The van der Waals surface area contributed by atoms with Gasteiger partial charge in [0.25, 0.3) is 17.5 Å². The fraction of sp³-hybridized carbons (Fsp3) is 0.182. The van der Waals surface area contributed by atoms with Crippen molar-refractivity contribution in [3.8, 4) is 11.3 Å². The molecule has 0 radical (unpaired) electrons. The quantitative estimate of drug-likeness (QED) is 0.340. The Balaban J connectivity index is 1.33. The van der Waals surface area contributed by atoms with Crippen LogP contribution in [0.25, 0.3) is 11.3 Å². The van der Waals surface area contributed by atoms with E-state index in [1.54, 1.807) is 12.1 Å². The predicted octanol–water partition coefficient (Wildman–Crippen LogP) is 2.57. The minimum Gasteiger partial charge on any atom is -0.356 e. The minimum atomic E-state index is -0.867. The van der Waals surface area contributed by atoms with Gasteiger partial charge in [-0.3, -0.25) is 29.4 Å². The van der Waals surface area contributed by atoms with Gasteiger partial charge in [-0.25, -0.2) is 4.39 Å². The third-order valence-corrected chi connectivity index (χ3v) is 5.77. The zero-order valence-electron chi connectivity index (χ0n) is 17.0. The number of carbonyl (C=O) groups is 3. The molecule has 0 atom stereocenters. The Hall–Kier alpha value is -4.41. The molecule has 11 heteroatoms. The summed E-state index contributed by atoms with van der Waals surface area (Å²) in [5, 5.41) is 15.3. The van der Waals surface area contributed by atoms with Crippen molar-refractivity contribution >= 4 is 23.4 Å². The van der Waals surface area contributed by atoms with Crippen molar-refractivity contribution in [1.82, 2.24) is 15.0 Å². The average Bonchev–Trinajstić information content (AvgIpc) is 3.34. The Bertz CT molecular complexity index is 1330. The van der Waals surface area contributed by atoms with Crippen LogP contribution in [0, 0.1) is 15.9 Å². The first-order chi connectivity index (χ1) is 15.8. The molecule has 0 aliphatic carbocycles. The highest BCUT2D eigenvalue weighted by Gasteiger charge is 2.42. The smallest absolute Gasteiger partial charge is 0.282 e. The predicted molar refractivity (Wildman–Crippen MR) is 109 cm³/mol. The number of nitrogens with zero attached hydrogens (tertiary/aromatic N) is 4. The molecular formula is C22H15FN4O6. The van der Waals surface area contributed by atoms with Gasteiger partial charge in [0, 0.05) is 23.7 Å². The first-order valence-corrected chi connectivity index (χ1v) is 10.00. The zero-order chi connectivity index (χ0) is 23.3. The van der Waals surface area contributed by atoms with Crippen molar-refractivity contribution in [2.45, 2.75) is 13.0 Å². The van der Waals surface area contributed by atoms with Crippen molar-refractivity contribution in [3.63, 3.8) is 0 Å². The van der Waals surface area contributed by atoms with Gasteiger partial charge < -0.3 is 9.42 Å². The van der Waals surface area contributed by atoms with Gasteiger partial charge in [0.15, 0.2) is 5.76 Å². The summed E-state index contributed by atoms with van der Waals surface area (Å²) in [6.45, 7) is -0.131. The summed E-state index contributed by atoms with van der Waals surface area (Å²) < 4.78 is 18.6. The van der Waals surface area contributed by atoms with E-state index < -0.39 is 34.9 Å². The van der Waals surface area contributed by atoms with Crippen molar-refractivity contribution in [3.05, 3.63) is 80.8 Å². The lowest BCUT2D eigenvalue weighted by atomic mass is 10.0. The Morgan fingerprint density at radius 1 is 1.15 bits per heavy atom. The van der Waals surface area contributed by atoms with Crippen molar-refractivity contribution in [1.29, 1.82) is 0 Å². The monoisotopic (exact) mass is 450 g/mol. The van der Waals surface area contributed by atoms with Crippen LogP contribution in [-0.2, 0) is 17.8 Å². The van der Waals surface area contributed by atoms with E-state index in [1.165, 1.54) is 29.2 Å². The maximum atomic E-state index is 13.2. The van der Waals surface area contributed by atoms with Crippen molar-refractivity contribution in [2.75, 3.05) is 13.1 Å². The Morgan fingerprint density at radius 2 is 1.91 bits per heavy atom. The van der Waals surface area contributed by atoms with Crippen LogP contribution in [0.3, 0.4) is 0 Å². The molecule has 3 amide bonds. The van der Waals surface area contributed by atoms with Gasteiger partial charge in [0.05, 0.1) is 17.0 Å². The van der Waals surface area contributed by atoms with Gasteiger partial charge >= 0.3 is 0 Å². The maximum Gasteiger partial charge on any atom is 0.282 e. The molecule has 1 aromatic heterocycles. The average molecular weight is 450 g/mol. The molecule has 0 fully saturated rings. The number of halogens is 1. The Kier molecular flexibility index (Phi) is 4.73. The van der Waals surface area contributed by atoms with Crippen LogP contribution >= 0.6 is 0 Å². The summed E-state index contributed by atoms with van der Waals surface area (Å²) in [5.74, 6) is -1.98. The molecule has 0 bridgehead atoms. The van der Waals surface area contributed by atoms with Gasteiger partial charge in [-0.15, -0.1) is 0 Å². The summed E-state index contributed by atoms with van der Waals surface area (Å²) in [4.78, 5) is 50.9. The highest BCUT2D eigenvalue weighted by atomic mass is 19.1. The van der Waals surface area contributed by atoms with E-state index in [-0.39, 0.29) is 23.5 Å². The second kappa shape index (κ2) is 7.62. The SMILES string of the molecule is O=C(CN1C(=O)c2cccc([N+](=O)[O-])c2C1=O)N1CCc2c(noc2-c2ccc(F)cc2)C1. The van der Waals surface area contributed by atoms with Gasteiger partial charge in [0.2, 0.25) is 5.91 Å². The zero-order valence-corrected chi connectivity index (χ0v) is 17.0. The lowest BCUT2D eigenvalue weighted by Crippen LogP contribution is -2.44. The molecule has 2 aromatic carbocycles. The summed E-state index contributed by atoms with van der Waals surface area (Å²) >= 11 is 0. The molecule has 3 heterocycles. The van der Waals surface area contributed by atoms with Crippen molar-refractivity contribution in [2.24, 2.45) is 0 Å². The molecule has 0 unspecified atom stereocenters. The summed E-state index contributed by atoms with van der Waals surface area (Å²) in [6, 6.07) is 9.58. The number of rotatable bonds is 4. The fourth-order valence-electron chi connectivity index (χ4n) is 4.12. The molecule has 0 saturated heterocycles. The molecule has 5 rings (SSSR count). The number of hydrogen-bond donors (Lipinski definition) is 0.